The molecule has 5 fully saturated rings. The lowest BCUT2D eigenvalue weighted by molar-refractivity contribution is -0.272. The van der Waals surface area contributed by atoms with Gasteiger partial charge >= 0.3 is 0 Å². The smallest absolute Gasteiger partial charge is 0.171 e. The van der Waals surface area contributed by atoms with E-state index in [1.54, 1.807) is 5.57 Å². The molecule has 168 valence electrons. The van der Waals surface area contributed by atoms with Crippen molar-refractivity contribution in [2.45, 2.75) is 103 Å². The Bertz CT molecular complexity index is 736. The standard InChI is InChI=1S/C27H42O3/c1-16-7-12-27(29-15-16)17(2)24-23(30-27)14-22-20-6-5-18-13-19(28)8-10-25(18,3)21(20)9-11-26(22,24)4/h5,16-17,19-24,28H,6-15H2,1-4H3/t16-,17-,19-,20+,21+,22+,23-,24+,25+,26+,27-/m1/s1. The van der Waals surface area contributed by atoms with Crippen LogP contribution in [0.2, 0.25) is 0 Å². The number of hydrogen-bond donors (Lipinski definition) is 1. The van der Waals surface area contributed by atoms with E-state index in [1.807, 2.05) is 0 Å². The fraction of sp³-hybridized carbons (Fsp3) is 0.926. The van der Waals surface area contributed by atoms with Gasteiger partial charge in [0.15, 0.2) is 5.79 Å². The zero-order valence-electron chi connectivity index (χ0n) is 19.5. The van der Waals surface area contributed by atoms with Crippen LogP contribution < -0.4 is 0 Å². The maximum Gasteiger partial charge on any atom is 0.171 e. The SMILES string of the molecule is C[C@@H]1CC[C@@]2(OC1)O[C@@H]1C[C@H]3[C@H]4CC=C5C[C@H](O)CC[C@]5(C)[C@H]4CC[C@]3(C)[C@H]1[C@H]2C. The van der Waals surface area contributed by atoms with E-state index >= 15 is 0 Å². The highest BCUT2D eigenvalue weighted by atomic mass is 16.7. The number of fused-ring (bicyclic) bond motifs is 7. The Morgan fingerprint density at radius 3 is 2.63 bits per heavy atom. The van der Waals surface area contributed by atoms with E-state index in [2.05, 4.69) is 33.8 Å². The summed E-state index contributed by atoms with van der Waals surface area (Å²) in [6, 6.07) is 0. The average Bonchev–Trinajstić information content (AvgIpc) is 3.16. The molecule has 0 bridgehead atoms. The third kappa shape index (κ3) is 2.55. The van der Waals surface area contributed by atoms with Crippen LogP contribution in [0.5, 0.6) is 0 Å². The van der Waals surface area contributed by atoms with Crippen molar-refractivity contribution in [1.82, 2.24) is 0 Å². The van der Waals surface area contributed by atoms with Crippen molar-refractivity contribution in [2.24, 2.45) is 46.3 Å². The molecule has 4 aliphatic carbocycles. The van der Waals surface area contributed by atoms with Crippen LogP contribution in [0.15, 0.2) is 11.6 Å². The summed E-state index contributed by atoms with van der Waals surface area (Å²) >= 11 is 0. The summed E-state index contributed by atoms with van der Waals surface area (Å²) < 4.78 is 13.3. The molecule has 3 saturated carbocycles. The minimum atomic E-state index is -0.294. The molecule has 30 heavy (non-hydrogen) atoms. The Morgan fingerprint density at radius 1 is 1.03 bits per heavy atom. The van der Waals surface area contributed by atoms with E-state index in [9.17, 15) is 5.11 Å². The van der Waals surface area contributed by atoms with Gasteiger partial charge in [-0.05, 0) is 91.8 Å². The van der Waals surface area contributed by atoms with Crippen LogP contribution in [0.25, 0.3) is 0 Å². The Balaban J connectivity index is 1.28. The minimum absolute atomic E-state index is 0.107. The second-order valence-corrected chi connectivity index (χ2v) is 12.7. The van der Waals surface area contributed by atoms with Gasteiger partial charge in [0, 0.05) is 12.3 Å². The number of aliphatic hydroxyl groups excluding tert-OH is 1. The molecule has 2 saturated heterocycles. The third-order valence-corrected chi connectivity index (χ3v) is 11.3. The molecule has 0 aromatic heterocycles. The van der Waals surface area contributed by atoms with E-state index in [1.165, 1.54) is 38.5 Å². The Morgan fingerprint density at radius 2 is 1.87 bits per heavy atom. The summed E-state index contributed by atoms with van der Waals surface area (Å²) in [6.07, 6.45) is 13.5. The van der Waals surface area contributed by atoms with E-state index in [-0.39, 0.29) is 11.9 Å². The van der Waals surface area contributed by atoms with Gasteiger partial charge in [-0.1, -0.05) is 39.3 Å². The maximum atomic E-state index is 10.3. The highest BCUT2D eigenvalue weighted by Gasteiger charge is 2.68. The molecule has 0 radical (unpaired) electrons. The van der Waals surface area contributed by atoms with Gasteiger partial charge in [-0.15, -0.1) is 0 Å². The first-order valence-corrected chi connectivity index (χ1v) is 13.0. The monoisotopic (exact) mass is 414 g/mol. The van der Waals surface area contributed by atoms with Crippen LogP contribution in [0.4, 0.5) is 0 Å². The number of ether oxygens (including phenoxy) is 2. The molecule has 3 heteroatoms. The van der Waals surface area contributed by atoms with Gasteiger partial charge < -0.3 is 14.6 Å². The molecular weight excluding hydrogens is 372 g/mol. The molecule has 1 spiro atoms. The van der Waals surface area contributed by atoms with E-state index in [0.29, 0.717) is 34.7 Å². The number of rotatable bonds is 0. The molecule has 0 unspecified atom stereocenters. The fourth-order valence-electron chi connectivity index (χ4n) is 9.66. The molecule has 11 atom stereocenters. The van der Waals surface area contributed by atoms with Crippen molar-refractivity contribution < 1.29 is 14.6 Å². The van der Waals surface area contributed by atoms with Crippen molar-refractivity contribution in [2.75, 3.05) is 6.61 Å². The molecule has 6 rings (SSSR count). The van der Waals surface area contributed by atoms with Crippen LogP contribution in [0, 0.1) is 46.3 Å². The van der Waals surface area contributed by atoms with Gasteiger partial charge in [-0.25, -0.2) is 0 Å². The second-order valence-electron chi connectivity index (χ2n) is 12.7. The lowest BCUT2D eigenvalue weighted by atomic mass is 9.47. The number of hydrogen-bond acceptors (Lipinski definition) is 3. The van der Waals surface area contributed by atoms with Gasteiger partial charge in [0.05, 0.1) is 18.8 Å². The molecule has 2 aliphatic heterocycles. The molecule has 6 aliphatic rings. The first kappa shape index (κ1) is 20.2. The highest BCUT2D eigenvalue weighted by Crippen LogP contribution is 2.70. The third-order valence-electron chi connectivity index (χ3n) is 11.3. The summed E-state index contributed by atoms with van der Waals surface area (Å²) in [4.78, 5) is 0. The second kappa shape index (κ2) is 6.58. The van der Waals surface area contributed by atoms with Gasteiger partial charge in [0.2, 0.25) is 0 Å². The predicted octanol–water partition coefficient (Wildman–Crippen LogP) is 5.71. The molecular formula is C27H42O3. The number of allylic oxidation sites excluding steroid dienone is 1. The number of aliphatic hydroxyl groups is 1. The first-order valence-electron chi connectivity index (χ1n) is 13.0. The fourth-order valence-corrected chi connectivity index (χ4v) is 9.66. The minimum Gasteiger partial charge on any atom is -0.393 e. The van der Waals surface area contributed by atoms with E-state index in [0.717, 1.165) is 43.6 Å². The summed E-state index contributed by atoms with van der Waals surface area (Å²) in [7, 11) is 0. The van der Waals surface area contributed by atoms with Gasteiger partial charge in [-0.3, -0.25) is 0 Å². The van der Waals surface area contributed by atoms with Crippen molar-refractivity contribution in [3.05, 3.63) is 11.6 Å². The average molecular weight is 415 g/mol. The van der Waals surface area contributed by atoms with Crippen molar-refractivity contribution >= 4 is 0 Å². The summed E-state index contributed by atoms with van der Waals surface area (Å²) in [5.41, 5.74) is 2.31. The van der Waals surface area contributed by atoms with Crippen LogP contribution in [0.1, 0.15) is 85.5 Å². The molecule has 2 heterocycles. The lowest BCUT2D eigenvalue weighted by Crippen LogP contribution is -2.52. The molecule has 0 amide bonds. The summed E-state index contributed by atoms with van der Waals surface area (Å²) in [5.74, 6) is 3.94. The van der Waals surface area contributed by atoms with Gasteiger partial charge in [0.25, 0.3) is 0 Å². The first-order chi connectivity index (χ1) is 14.3. The molecule has 1 N–H and O–H groups in total. The largest absolute Gasteiger partial charge is 0.393 e. The molecule has 0 aromatic carbocycles. The van der Waals surface area contributed by atoms with Crippen molar-refractivity contribution in [1.29, 1.82) is 0 Å². The van der Waals surface area contributed by atoms with Gasteiger partial charge in [-0.2, -0.15) is 0 Å². The van der Waals surface area contributed by atoms with Crippen LogP contribution in [-0.2, 0) is 9.47 Å². The van der Waals surface area contributed by atoms with E-state index < -0.39 is 0 Å². The van der Waals surface area contributed by atoms with Gasteiger partial charge in [0.1, 0.15) is 0 Å². The summed E-state index contributed by atoms with van der Waals surface area (Å²) in [5, 5.41) is 10.3. The predicted molar refractivity (Wildman–Crippen MR) is 118 cm³/mol. The lowest BCUT2D eigenvalue weighted by Gasteiger charge is -2.58. The molecule has 0 aromatic rings. The Kier molecular flexibility index (Phi) is 4.44. The maximum absolute atomic E-state index is 10.3. The Hall–Kier alpha value is -0.380. The summed E-state index contributed by atoms with van der Waals surface area (Å²) in [6.45, 7) is 10.8. The quantitative estimate of drug-likeness (QED) is 0.516. The van der Waals surface area contributed by atoms with Crippen molar-refractivity contribution in [3.63, 3.8) is 0 Å². The zero-order valence-corrected chi connectivity index (χ0v) is 19.5. The molecule has 3 nitrogen and oxygen atoms in total. The van der Waals surface area contributed by atoms with Crippen molar-refractivity contribution in [3.8, 4) is 0 Å². The normalized spacial score (nSPS) is 59.8. The topological polar surface area (TPSA) is 38.7 Å². The zero-order chi connectivity index (χ0) is 20.9. The van der Waals surface area contributed by atoms with Crippen LogP contribution in [-0.4, -0.2) is 29.7 Å². The van der Waals surface area contributed by atoms with Crippen LogP contribution >= 0.6 is 0 Å². The van der Waals surface area contributed by atoms with E-state index in [4.69, 9.17) is 9.47 Å². The Labute approximate surface area is 183 Å². The van der Waals surface area contributed by atoms with Crippen LogP contribution in [0.3, 0.4) is 0 Å². The highest BCUT2D eigenvalue weighted by molar-refractivity contribution is 5.26.